The van der Waals surface area contributed by atoms with Gasteiger partial charge < -0.3 is 5.11 Å². The van der Waals surface area contributed by atoms with Gasteiger partial charge in [-0.05, 0) is 18.6 Å². The van der Waals surface area contributed by atoms with Crippen LogP contribution in [0.4, 0.5) is 0 Å². The fourth-order valence-corrected chi connectivity index (χ4v) is 2.03. The van der Waals surface area contributed by atoms with E-state index in [9.17, 15) is 0 Å². The fourth-order valence-electron chi connectivity index (χ4n) is 1.02. The maximum absolute atomic E-state index is 8.74. The molecule has 4 heteroatoms. The lowest BCUT2D eigenvalue weighted by molar-refractivity contribution is 0.289. The van der Waals surface area contributed by atoms with E-state index in [0.717, 1.165) is 11.3 Å². The first-order chi connectivity index (χ1) is 6.76. The molecule has 74 valence electrons. The van der Waals surface area contributed by atoms with Crippen molar-refractivity contribution in [3.63, 3.8) is 0 Å². The third-order valence-electron chi connectivity index (χ3n) is 1.72. The van der Waals surface area contributed by atoms with Crippen LogP contribution in [0.25, 0.3) is 0 Å². The third kappa shape index (κ3) is 3.36. The fraction of sp³-hybridized carbons (Fsp3) is 0.400. The van der Waals surface area contributed by atoms with Crippen molar-refractivity contribution >= 4 is 11.8 Å². The van der Waals surface area contributed by atoms with E-state index in [0.29, 0.717) is 10.9 Å². The van der Waals surface area contributed by atoms with Gasteiger partial charge in [0.1, 0.15) is 11.8 Å². The first kappa shape index (κ1) is 11.0. The zero-order chi connectivity index (χ0) is 10.4. The van der Waals surface area contributed by atoms with Crippen LogP contribution >= 0.6 is 11.8 Å². The molecule has 1 heterocycles. The molecule has 0 saturated carbocycles. The second kappa shape index (κ2) is 5.63. The number of aliphatic hydroxyl groups excluding tert-OH is 1. The topological polar surface area (TPSA) is 56.9 Å². The van der Waals surface area contributed by atoms with E-state index in [-0.39, 0.29) is 6.61 Å². The van der Waals surface area contributed by atoms with Crippen LogP contribution in [0.15, 0.2) is 23.2 Å². The van der Waals surface area contributed by atoms with E-state index in [1.54, 1.807) is 24.0 Å². The van der Waals surface area contributed by atoms with Gasteiger partial charge in [0.2, 0.25) is 0 Å². The van der Waals surface area contributed by atoms with Gasteiger partial charge in [-0.1, -0.05) is 6.92 Å². The van der Waals surface area contributed by atoms with Crippen molar-refractivity contribution in [1.82, 2.24) is 4.98 Å². The highest BCUT2D eigenvalue weighted by Gasteiger charge is 2.04. The molecule has 3 nitrogen and oxygen atoms in total. The van der Waals surface area contributed by atoms with Crippen molar-refractivity contribution in [2.45, 2.75) is 23.5 Å². The molecule has 0 spiro atoms. The zero-order valence-electron chi connectivity index (χ0n) is 7.97. The second-order valence-electron chi connectivity index (χ2n) is 2.93. The molecule has 1 atom stereocenters. The number of aliphatic hydroxyl groups is 1. The Hall–Kier alpha value is -1.05. The van der Waals surface area contributed by atoms with Crippen LogP contribution < -0.4 is 0 Å². The van der Waals surface area contributed by atoms with Crippen LogP contribution in [0, 0.1) is 11.3 Å². The molecule has 0 aromatic carbocycles. The summed E-state index contributed by atoms with van der Waals surface area (Å²) in [6.07, 6.45) is 2.39. The van der Waals surface area contributed by atoms with Crippen LogP contribution in [0.1, 0.15) is 19.0 Å². The molecule has 1 unspecified atom stereocenters. The van der Waals surface area contributed by atoms with E-state index in [1.807, 2.05) is 19.1 Å². The number of hydrogen-bond acceptors (Lipinski definition) is 4. The molecule has 0 radical (unpaired) electrons. The molecule has 14 heavy (non-hydrogen) atoms. The van der Waals surface area contributed by atoms with Crippen LogP contribution in [0.5, 0.6) is 0 Å². The maximum atomic E-state index is 8.74. The number of nitriles is 1. The van der Waals surface area contributed by atoms with E-state index >= 15 is 0 Å². The van der Waals surface area contributed by atoms with Gasteiger partial charge in [-0.3, -0.25) is 0 Å². The molecular weight excluding hydrogens is 196 g/mol. The number of nitrogens with zero attached hydrogens (tertiary/aromatic N) is 2. The Labute approximate surface area is 87.8 Å². The molecule has 1 aromatic rings. The van der Waals surface area contributed by atoms with Gasteiger partial charge in [-0.2, -0.15) is 5.26 Å². The molecule has 1 aromatic heterocycles. The predicted molar refractivity (Wildman–Crippen MR) is 56.0 cm³/mol. The number of hydrogen-bond donors (Lipinski definition) is 1. The Morgan fingerprint density at radius 3 is 3.14 bits per heavy atom. The number of pyridine rings is 1. The lowest BCUT2D eigenvalue weighted by atomic mass is 10.3. The summed E-state index contributed by atoms with van der Waals surface area (Å²) in [7, 11) is 0. The molecule has 0 fully saturated rings. The van der Waals surface area contributed by atoms with Gasteiger partial charge in [0.15, 0.2) is 0 Å². The van der Waals surface area contributed by atoms with Gasteiger partial charge >= 0.3 is 0 Å². The summed E-state index contributed by atoms with van der Waals surface area (Å²) in [6, 6.07) is 5.64. The highest BCUT2D eigenvalue weighted by atomic mass is 32.2. The Morgan fingerprint density at radius 1 is 1.71 bits per heavy atom. The second-order valence-corrected chi connectivity index (χ2v) is 4.44. The molecule has 0 aliphatic carbocycles. The minimum atomic E-state index is 0.199. The lowest BCUT2D eigenvalue weighted by Gasteiger charge is -2.08. The largest absolute Gasteiger partial charge is 0.396 e. The van der Waals surface area contributed by atoms with Gasteiger partial charge in [0.25, 0.3) is 0 Å². The minimum absolute atomic E-state index is 0.199. The number of rotatable bonds is 4. The highest BCUT2D eigenvalue weighted by molar-refractivity contribution is 7.99. The summed E-state index contributed by atoms with van der Waals surface area (Å²) in [4.78, 5) is 4.91. The Balaban J connectivity index is 2.63. The summed E-state index contributed by atoms with van der Waals surface area (Å²) < 4.78 is 0. The first-order valence-electron chi connectivity index (χ1n) is 4.40. The average Bonchev–Trinajstić information content (AvgIpc) is 2.18. The molecule has 1 N–H and O–H groups in total. The average molecular weight is 208 g/mol. The van der Waals surface area contributed by atoms with Crippen LogP contribution in [0.3, 0.4) is 0 Å². The third-order valence-corrected chi connectivity index (χ3v) is 2.88. The molecule has 0 aliphatic rings. The Morgan fingerprint density at radius 2 is 2.50 bits per heavy atom. The summed E-state index contributed by atoms with van der Waals surface area (Å²) in [5.74, 6) is 0. The first-order valence-corrected chi connectivity index (χ1v) is 5.28. The molecule has 0 saturated heterocycles. The smallest absolute Gasteiger partial charge is 0.141 e. The van der Waals surface area contributed by atoms with Crippen LogP contribution in [0.2, 0.25) is 0 Å². The van der Waals surface area contributed by atoms with Gasteiger partial charge in [0, 0.05) is 22.9 Å². The van der Waals surface area contributed by atoms with Crippen molar-refractivity contribution < 1.29 is 5.11 Å². The van der Waals surface area contributed by atoms with Crippen LogP contribution in [-0.4, -0.2) is 21.9 Å². The Bertz CT molecular complexity index is 335. The van der Waals surface area contributed by atoms with E-state index in [2.05, 4.69) is 4.98 Å². The van der Waals surface area contributed by atoms with E-state index in [1.165, 1.54) is 0 Å². The summed E-state index contributed by atoms with van der Waals surface area (Å²) >= 11 is 1.65. The van der Waals surface area contributed by atoms with Crippen molar-refractivity contribution in [3.8, 4) is 6.07 Å². The lowest BCUT2D eigenvalue weighted by Crippen LogP contribution is -1.99. The van der Waals surface area contributed by atoms with Crippen molar-refractivity contribution in [3.05, 3.63) is 24.0 Å². The van der Waals surface area contributed by atoms with Crippen LogP contribution in [-0.2, 0) is 0 Å². The normalized spacial score (nSPS) is 12.1. The monoisotopic (exact) mass is 208 g/mol. The summed E-state index contributed by atoms with van der Waals surface area (Å²) in [5, 5.41) is 17.7. The molecule has 0 aliphatic heterocycles. The quantitative estimate of drug-likeness (QED) is 0.767. The summed E-state index contributed by atoms with van der Waals surface area (Å²) in [5.41, 5.74) is 0.436. The molecular formula is C10H12N2OS. The predicted octanol–water partition coefficient (Wildman–Crippen LogP) is 1.82. The summed E-state index contributed by atoms with van der Waals surface area (Å²) in [6.45, 7) is 2.25. The van der Waals surface area contributed by atoms with Gasteiger partial charge in [0.05, 0.1) is 0 Å². The Kier molecular flexibility index (Phi) is 4.44. The van der Waals surface area contributed by atoms with Gasteiger partial charge in [-0.25, -0.2) is 4.98 Å². The highest BCUT2D eigenvalue weighted by Crippen LogP contribution is 2.24. The van der Waals surface area contributed by atoms with Gasteiger partial charge in [-0.15, -0.1) is 11.8 Å². The van der Waals surface area contributed by atoms with Crippen molar-refractivity contribution in [1.29, 1.82) is 5.26 Å². The van der Waals surface area contributed by atoms with Crippen molar-refractivity contribution in [2.24, 2.45) is 0 Å². The molecule has 0 bridgehead atoms. The van der Waals surface area contributed by atoms with Crippen molar-refractivity contribution in [2.75, 3.05) is 6.61 Å². The SMILES string of the molecule is CC(CCO)Sc1ccnc(C#N)c1. The standard InChI is InChI=1S/C10H12N2OS/c1-8(3-5-13)14-10-2-4-12-9(6-10)7-11/h2,4,6,8,13H,3,5H2,1H3. The van der Waals surface area contributed by atoms with E-state index < -0.39 is 0 Å². The van der Waals surface area contributed by atoms with E-state index in [4.69, 9.17) is 10.4 Å². The molecule has 1 rings (SSSR count). The zero-order valence-corrected chi connectivity index (χ0v) is 8.79. The maximum Gasteiger partial charge on any atom is 0.141 e. The minimum Gasteiger partial charge on any atom is -0.396 e. The number of aromatic nitrogens is 1. The number of thioether (sulfide) groups is 1. The molecule has 0 amide bonds.